The second kappa shape index (κ2) is 5.15. The Morgan fingerprint density at radius 2 is 2.14 bits per heavy atom. The molecule has 3 nitrogen and oxygen atoms in total. The molecule has 1 heterocycles. The number of hydrogen-bond donors (Lipinski definition) is 1. The van der Waals surface area contributed by atoms with Gasteiger partial charge in [-0.3, -0.25) is 0 Å². The first-order valence-corrected chi connectivity index (χ1v) is 5.21. The van der Waals surface area contributed by atoms with Gasteiger partial charge in [0.1, 0.15) is 5.82 Å². The van der Waals surface area contributed by atoms with Crippen LogP contribution in [-0.2, 0) is 0 Å². The summed E-state index contributed by atoms with van der Waals surface area (Å²) in [5.41, 5.74) is 0. The zero-order valence-electron chi connectivity index (χ0n) is 8.79. The number of halogens is 1. The van der Waals surface area contributed by atoms with Gasteiger partial charge in [-0.1, -0.05) is 13.8 Å². The lowest BCUT2D eigenvalue weighted by atomic mass is 10.1. The minimum absolute atomic E-state index is 0.284. The van der Waals surface area contributed by atoms with Gasteiger partial charge in [0.25, 0.3) is 0 Å². The summed E-state index contributed by atoms with van der Waals surface area (Å²) in [4.78, 5) is 7.89. The van der Waals surface area contributed by atoms with Crippen molar-refractivity contribution in [1.82, 2.24) is 9.97 Å². The molecule has 0 amide bonds. The van der Waals surface area contributed by atoms with Gasteiger partial charge in [0.15, 0.2) is 0 Å². The molecule has 0 saturated heterocycles. The molecular formula is C10H16ClN3. The predicted molar refractivity (Wildman–Crippen MR) is 59.6 cm³/mol. The van der Waals surface area contributed by atoms with Gasteiger partial charge in [-0.2, -0.15) is 0 Å². The molecule has 4 heteroatoms. The maximum Gasteiger partial charge on any atom is 0.224 e. The quantitative estimate of drug-likeness (QED) is 0.782. The van der Waals surface area contributed by atoms with Crippen molar-refractivity contribution in [1.29, 1.82) is 0 Å². The fourth-order valence-corrected chi connectivity index (χ4v) is 1.58. The number of rotatable bonds is 4. The molecule has 0 aliphatic rings. The summed E-state index contributed by atoms with van der Waals surface area (Å²) in [6, 6.07) is 2.23. The SMILES string of the molecule is CC(C)CC(C)Nc1ccnc(Cl)n1. The van der Waals surface area contributed by atoms with E-state index in [1.165, 1.54) is 0 Å². The Labute approximate surface area is 89.9 Å². The molecular weight excluding hydrogens is 198 g/mol. The van der Waals surface area contributed by atoms with E-state index in [2.05, 4.69) is 36.1 Å². The number of anilines is 1. The molecule has 1 unspecified atom stereocenters. The standard InChI is InChI=1S/C10H16ClN3/c1-7(2)6-8(3)13-9-4-5-12-10(11)14-9/h4-5,7-8H,6H2,1-3H3,(H,12,13,14). The van der Waals surface area contributed by atoms with Crippen molar-refractivity contribution in [3.63, 3.8) is 0 Å². The van der Waals surface area contributed by atoms with E-state index in [0.717, 1.165) is 12.2 Å². The van der Waals surface area contributed by atoms with Gasteiger partial charge < -0.3 is 5.32 Å². The molecule has 14 heavy (non-hydrogen) atoms. The van der Waals surface area contributed by atoms with Crippen LogP contribution in [0.1, 0.15) is 27.2 Å². The number of nitrogens with one attached hydrogen (secondary N) is 1. The van der Waals surface area contributed by atoms with Crippen LogP contribution in [0, 0.1) is 5.92 Å². The van der Waals surface area contributed by atoms with Gasteiger partial charge in [-0.05, 0) is 36.9 Å². The fraction of sp³-hybridized carbons (Fsp3) is 0.600. The molecule has 0 aliphatic carbocycles. The first-order chi connectivity index (χ1) is 6.58. The van der Waals surface area contributed by atoms with Crippen molar-refractivity contribution in [2.75, 3.05) is 5.32 Å². The van der Waals surface area contributed by atoms with Gasteiger partial charge in [0, 0.05) is 12.2 Å². The molecule has 1 atom stereocenters. The molecule has 1 rings (SSSR count). The Balaban J connectivity index is 2.51. The van der Waals surface area contributed by atoms with Crippen molar-refractivity contribution in [3.8, 4) is 0 Å². The molecule has 0 saturated carbocycles. The Morgan fingerprint density at radius 1 is 1.43 bits per heavy atom. The van der Waals surface area contributed by atoms with E-state index < -0.39 is 0 Å². The smallest absolute Gasteiger partial charge is 0.224 e. The van der Waals surface area contributed by atoms with Crippen molar-refractivity contribution in [3.05, 3.63) is 17.5 Å². The second-order valence-electron chi connectivity index (χ2n) is 3.89. The fourth-order valence-electron chi connectivity index (χ4n) is 1.43. The highest BCUT2D eigenvalue weighted by Gasteiger charge is 2.05. The van der Waals surface area contributed by atoms with Crippen LogP contribution in [0.15, 0.2) is 12.3 Å². The van der Waals surface area contributed by atoms with E-state index in [0.29, 0.717) is 12.0 Å². The Bertz CT molecular complexity index is 288. The maximum atomic E-state index is 5.67. The van der Waals surface area contributed by atoms with Crippen LogP contribution >= 0.6 is 11.6 Å². The van der Waals surface area contributed by atoms with Crippen LogP contribution in [0.3, 0.4) is 0 Å². The third kappa shape index (κ3) is 3.92. The molecule has 0 radical (unpaired) electrons. The summed E-state index contributed by atoms with van der Waals surface area (Å²) in [5.74, 6) is 1.47. The molecule has 0 aliphatic heterocycles. The van der Waals surface area contributed by atoms with E-state index in [1.54, 1.807) is 6.20 Å². The summed E-state index contributed by atoms with van der Waals surface area (Å²) in [7, 11) is 0. The molecule has 1 N–H and O–H groups in total. The van der Waals surface area contributed by atoms with E-state index >= 15 is 0 Å². The van der Waals surface area contributed by atoms with Gasteiger partial charge in [-0.25, -0.2) is 9.97 Å². The molecule has 0 aromatic carbocycles. The molecule has 0 bridgehead atoms. The Morgan fingerprint density at radius 3 is 2.71 bits per heavy atom. The van der Waals surface area contributed by atoms with E-state index in [9.17, 15) is 0 Å². The molecule has 1 aromatic heterocycles. The average molecular weight is 214 g/mol. The zero-order valence-corrected chi connectivity index (χ0v) is 9.54. The first kappa shape index (κ1) is 11.2. The normalized spacial score (nSPS) is 12.9. The van der Waals surface area contributed by atoms with Crippen LogP contribution < -0.4 is 5.32 Å². The third-order valence-electron chi connectivity index (χ3n) is 1.85. The van der Waals surface area contributed by atoms with Gasteiger partial charge in [-0.15, -0.1) is 0 Å². The molecule has 1 aromatic rings. The summed E-state index contributed by atoms with van der Waals surface area (Å²) in [5, 5.41) is 3.56. The number of hydrogen-bond acceptors (Lipinski definition) is 3. The van der Waals surface area contributed by atoms with Crippen molar-refractivity contribution >= 4 is 17.4 Å². The third-order valence-corrected chi connectivity index (χ3v) is 2.03. The average Bonchev–Trinajstić information content (AvgIpc) is 2.01. The maximum absolute atomic E-state index is 5.67. The van der Waals surface area contributed by atoms with E-state index in [1.807, 2.05) is 6.07 Å². The van der Waals surface area contributed by atoms with E-state index in [4.69, 9.17) is 11.6 Å². The highest BCUT2D eigenvalue weighted by Crippen LogP contribution is 2.11. The minimum atomic E-state index is 0.284. The van der Waals surface area contributed by atoms with Crippen LogP contribution in [0.5, 0.6) is 0 Å². The van der Waals surface area contributed by atoms with Gasteiger partial charge >= 0.3 is 0 Å². The van der Waals surface area contributed by atoms with Crippen molar-refractivity contribution in [2.24, 2.45) is 5.92 Å². The highest BCUT2D eigenvalue weighted by atomic mass is 35.5. The van der Waals surface area contributed by atoms with Crippen molar-refractivity contribution < 1.29 is 0 Å². The largest absolute Gasteiger partial charge is 0.367 e. The van der Waals surface area contributed by atoms with E-state index in [-0.39, 0.29) is 5.28 Å². The Kier molecular flexibility index (Phi) is 4.14. The van der Waals surface area contributed by atoms with Gasteiger partial charge in [0.05, 0.1) is 0 Å². The van der Waals surface area contributed by atoms with Crippen LogP contribution in [-0.4, -0.2) is 16.0 Å². The molecule has 0 spiro atoms. The lowest BCUT2D eigenvalue weighted by molar-refractivity contribution is 0.539. The lowest BCUT2D eigenvalue weighted by Crippen LogP contribution is -2.18. The predicted octanol–water partition coefficient (Wildman–Crippen LogP) is 2.98. The topological polar surface area (TPSA) is 37.8 Å². The lowest BCUT2D eigenvalue weighted by Gasteiger charge is -2.16. The van der Waals surface area contributed by atoms with Crippen LogP contribution in [0.25, 0.3) is 0 Å². The van der Waals surface area contributed by atoms with Crippen LogP contribution in [0.2, 0.25) is 5.28 Å². The highest BCUT2D eigenvalue weighted by molar-refractivity contribution is 6.28. The minimum Gasteiger partial charge on any atom is -0.367 e. The molecule has 0 fully saturated rings. The second-order valence-corrected chi connectivity index (χ2v) is 4.22. The number of nitrogens with zero attached hydrogens (tertiary/aromatic N) is 2. The Hall–Kier alpha value is -0.830. The first-order valence-electron chi connectivity index (χ1n) is 4.83. The van der Waals surface area contributed by atoms with Gasteiger partial charge in [0.2, 0.25) is 5.28 Å². The summed E-state index contributed by atoms with van der Waals surface area (Å²) in [6.45, 7) is 6.53. The summed E-state index contributed by atoms with van der Waals surface area (Å²) in [6.07, 6.45) is 2.77. The number of aromatic nitrogens is 2. The monoisotopic (exact) mass is 213 g/mol. The zero-order chi connectivity index (χ0) is 10.6. The van der Waals surface area contributed by atoms with Crippen LogP contribution in [0.4, 0.5) is 5.82 Å². The molecule has 78 valence electrons. The summed E-state index contributed by atoms with van der Waals surface area (Å²) >= 11 is 5.67. The van der Waals surface area contributed by atoms with Crippen molar-refractivity contribution in [2.45, 2.75) is 33.2 Å². The summed E-state index contributed by atoms with van der Waals surface area (Å²) < 4.78 is 0.